The van der Waals surface area contributed by atoms with E-state index in [0.29, 0.717) is 19.5 Å². The Labute approximate surface area is 193 Å². The number of piperidine rings is 1. The van der Waals surface area contributed by atoms with E-state index in [0.717, 1.165) is 29.9 Å². The van der Waals surface area contributed by atoms with Gasteiger partial charge in [0.25, 0.3) is 0 Å². The van der Waals surface area contributed by atoms with Crippen LogP contribution < -0.4 is 5.32 Å². The summed E-state index contributed by atoms with van der Waals surface area (Å²) in [6.07, 6.45) is 8.26. The molecule has 4 aliphatic carbocycles. The molecule has 172 valence electrons. The number of nitrogens with one attached hydrogen (secondary N) is 1. The molecule has 4 bridgehead atoms. The Hall–Kier alpha value is -1.30. The maximum Gasteiger partial charge on any atom is 0.317 e. The molecule has 0 spiro atoms. The number of halogens is 1. The van der Waals surface area contributed by atoms with Crippen LogP contribution in [-0.4, -0.2) is 60.2 Å². The zero-order chi connectivity index (χ0) is 20.9. The van der Waals surface area contributed by atoms with E-state index >= 15 is 0 Å². The Balaban J connectivity index is 0.00000231. The second-order valence-electron chi connectivity index (χ2n) is 11.1. The normalized spacial score (nSPS) is 38.8. The number of carbonyl (C=O) groups excluding carboxylic acids is 1. The fourth-order valence-corrected chi connectivity index (χ4v) is 7.53. The van der Waals surface area contributed by atoms with Gasteiger partial charge in [-0.25, -0.2) is 4.79 Å². The first-order valence-corrected chi connectivity index (χ1v) is 11.8. The van der Waals surface area contributed by atoms with Crippen LogP contribution in [0, 0.1) is 23.7 Å². The van der Waals surface area contributed by atoms with E-state index in [9.17, 15) is 9.90 Å². The second kappa shape index (κ2) is 8.57. The molecule has 1 heterocycles. The maximum atomic E-state index is 13.4. The number of likely N-dealkylation sites (tertiary alicyclic amines) is 1. The van der Waals surface area contributed by atoms with E-state index in [1.165, 1.54) is 38.5 Å². The third kappa shape index (κ3) is 4.34. The van der Waals surface area contributed by atoms with Crippen molar-refractivity contribution in [3.63, 3.8) is 0 Å². The highest BCUT2D eigenvalue weighted by molar-refractivity contribution is 5.85. The molecule has 4 saturated carbocycles. The molecular formula is C25H38ClN3O2. The summed E-state index contributed by atoms with van der Waals surface area (Å²) >= 11 is 0. The van der Waals surface area contributed by atoms with Crippen molar-refractivity contribution in [2.24, 2.45) is 23.7 Å². The Morgan fingerprint density at radius 1 is 1.10 bits per heavy atom. The molecule has 2 unspecified atom stereocenters. The van der Waals surface area contributed by atoms with Gasteiger partial charge in [-0.1, -0.05) is 30.3 Å². The predicted octanol–water partition coefficient (Wildman–Crippen LogP) is 3.86. The third-order valence-corrected chi connectivity index (χ3v) is 8.44. The largest absolute Gasteiger partial charge is 0.385 e. The lowest BCUT2D eigenvalue weighted by molar-refractivity contribution is -0.0776. The molecule has 6 heteroatoms. The summed E-state index contributed by atoms with van der Waals surface area (Å²) in [5.41, 5.74) is 0.122. The Morgan fingerprint density at radius 3 is 2.23 bits per heavy atom. The van der Waals surface area contributed by atoms with Gasteiger partial charge in [0.2, 0.25) is 0 Å². The first-order chi connectivity index (χ1) is 14.4. The van der Waals surface area contributed by atoms with Crippen LogP contribution in [-0.2, 0) is 5.60 Å². The lowest BCUT2D eigenvalue weighted by Gasteiger charge is -2.57. The number of benzene rings is 1. The Kier molecular flexibility index (Phi) is 6.32. The van der Waals surface area contributed by atoms with E-state index in [-0.39, 0.29) is 29.9 Å². The molecule has 5 fully saturated rings. The van der Waals surface area contributed by atoms with Crippen molar-refractivity contribution in [2.75, 3.05) is 33.7 Å². The first-order valence-electron chi connectivity index (χ1n) is 11.8. The van der Waals surface area contributed by atoms with Crippen LogP contribution in [0.4, 0.5) is 4.79 Å². The molecule has 5 aliphatic rings. The number of carbonyl (C=O) groups is 1. The van der Waals surface area contributed by atoms with Crippen molar-refractivity contribution < 1.29 is 9.90 Å². The number of hydrogen-bond acceptors (Lipinski definition) is 3. The summed E-state index contributed by atoms with van der Waals surface area (Å²) in [5.74, 6) is 2.46. The van der Waals surface area contributed by atoms with Gasteiger partial charge >= 0.3 is 6.03 Å². The van der Waals surface area contributed by atoms with Crippen LogP contribution in [0.5, 0.6) is 0 Å². The molecule has 2 atom stereocenters. The third-order valence-electron chi connectivity index (χ3n) is 8.44. The molecule has 1 aliphatic heterocycles. The fourth-order valence-electron chi connectivity index (χ4n) is 7.53. The molecule has 1 saturated heterocycles. The fraction of sp³-hybridized carbons (Fsp3) is 0.720. The van der Waals surface area contributed by atoms with Crippen molar-refractivity contribution in [3.05, 3.63) is 35.9 Å². The van der Waals surface area contributed by atoms with Crippen LogP contribution in [0.15, 0.2) is 30.3 Å². The minimum atomic E-state index is -0.886. The summed E-state index contributed by atoms with van der Waals surface area (Å²) in [4.78, 5) is 17.5. The van der Waals surface area contributed by atoms with E-state index in [1.54, 1.807) is 0 Å². The van der Waals surface area contributed by atoms with Crippen LogP contribution in [0.3, 0.4) is 0 Å². The highest BCUT2D eigenvalue weighted by Gasteiger charge is 2.52. The molecular weight excluding hydrogens is 410 g/mol. The van der Waals surface area contributed by atoms with Gasteiger partial charge in [-0.15, -0.1) is 12.4 Å². The van der Waals surface area contributed by atoms with Gasteiger partial charge in [0, 0.05) is 31.1 Å². The summed E-state index contributed by atoms with van der Waals surface area (Å²) in [6.45, 7) is 1.96. The Morgan fingerprint density at radius 2 is 1.68 bits per heavy atom. The summed E-state index contributed by atoms with van der Waals surface area (Å²) < 4.78 is 0. The molecule has 0 aromatic heterocycles. The lowest BCUT2D eigenvalue weighted by Crippen LogP contribution is -2.64. The number of amides is 2. The van der Waals surface area contributed by atoms with Crippen LogP contribution in [0.1, 0.15) is 50.5 Å². The zero-order valence-corrected chi connectivity index (χ0v) is 19.7. The molecule has 6 rings (SSSR count). The standard InChI is InChI=1S/C25H37N3O2.ClH/c1-27(2)16-22-17-28(9-8-25(22,30)21-6-4-3-5-7-21)23(29)26-24-13-18-10-19(14-24)12-20(11-18)15-24;/h3-7,18-20,22,30H,8-17H2,1-2H3,(H,26,29);1H. The minimum absolute atomic E-state index is 0. The average Bonchev–Trinajstić information content (AvgIpc) is 2.68. The van der Waals surface area contributed by atoms with Crippen molar-refractivity contribution in [1.82, 2.24) is 15.1 Å². The molecule has 31 heavy (non-hydrogen) atoms. The number of hydrogen-bond donors (Lipinski definition) is 2. The van der Waals surface area contributed by atoms with Gasteiger partial charge in [-0.3, -0.25) is 0 Å². The number of rotatable bonds is 4. The average molecular weight is 448 g/mol. The number of urea groups is 1. The van der Waals surface area contributed by atoms with Crippen molar-refractivity contribution in [2.45, 2.75) is 56.1 Å². The van der Waals surface area contributed by atoms with Gasteiger partial charge in [0.15, 0.2) is 0 Å². The van der Waals surface area contributed by atoms with Crippen molar-refractivity contribution >= 4 is 18.4 Å². The van der Waals surface area contributed by atoms with Gasteiger partial charge in [0.1, 0.15) is 0 Å². The van der Waals surface area contributed by atoms with E-state index in [4.69, 9.17) is 0 Å². The van der Waals surface area contributed by atoms with Gasteiger partial charge in [-0.05, 0) is 82.4 Å². The maximum absolute atomic E-state index is 13.4. The Bertz CT molecular complexity index is 751. The summed E-state index contributed by atoms with van der Waals surface area (Å²) in [5, 5.41) is 15.2. The topological polar surface area (TPSA) is 55.8 Å². The molecule has 2 N–H and O–H groups in total. The van der Waals surface area contributed by atoms with Crippen LogP contribution in [0.2, 0.25) is 0 Å². The van der Waals surface area contributed by atoms with Crippen molar-refractivity contribution in [1.29, 1.82) is 0 Å². The highest BCUT2D eigenvalue weighted by Crippen LogP contribution is 2.55. The van der Waals surface area contributed by atoms with Crippen LogP contribution in [0.25, 0.3) is 0 Å². The van der Waals surface area contributed by atoms with E-state index in [2.05, 4.69) is 10.2 Å². The van der Waals surface area contributed by atoms with Gasteiger partial charge in [-0.2, -0.15) is 0 Å². The molecule has 2 amide bonds. The predicted molar refractivity (Wildman–Crippen MR) is 125 cm³/mol. The monoisotopic (exact) mass is 447 g/mol. The molecule has 1 aromatic carbocycles. The van der Waals surface area contributed by atoms with E-state index in [1.807, 2.05) is 49.3 Å². The number of aliphatic hydroxyl groups is 1. The lowest BCUT2D eigenvalue weighted by atomic mass is 9.53. The number of nitrogens with zero attached hydrogens (tertiary/aromatic N) is 2. The van der Waals surface area contributed by atoms with Crippen molar-refractivity contribution in [3.8, 4) is 0 Å². The quantitative estimate of drug-likeness (QED) is 0.736. The van der Waals surface area contributed by atoms with E-state index < -0.39 is 5.60 Å². The van der Waals surface area contributed by atoms with Gasteiger partial charge < -0.3 is 20.2 Å². The zero-order valence-electron chi connectivity index (χ0n) is 18.9. The smallest absolute Gasteiger partial charge is 0.317 e. The summed E-state index contributed by atoms with van der Waals surface area (Å²) in [7, 11) is 4.08. The van der Waals surface area contributed by atoms with Crippen LogP contribution >= 0.6 is 12.4 Å². The molecule has 1 aromatic rings. The first kappa shape index (κ1) is 22.9. The molecule has 5 nitrogen and oxygen atoms in total. The van der Waals surface area contributed by atoms with Gasteiger partial charge in [0.05, 0.1) is 5.60 Å². The highest BCUT2D eigenvalue weighted by atomic mass is 35.5. The SMILES string of the molecule is CN(C)CC1CN(C(=O)NC23CC4CC(CC(C4)C2)C3)CCC1(O)c1ccccc1.Cl. The summed E-state index contributed by atoms with van der Waals surface area (Å²) in [6, 6.07) is 10.1. The minimum Gasteiger partial charge on any atom is -0.385 e. The molecule has 0 radical (unpaired) electrons. The second-order valence-corrected chi connectivity index (χ2v) is 11.1.